The van der Waals surface area contributed by atoms with E-state index in [-0.39, 0.29) is 0 Å². The van der Waals surface area contributed by atoms with Crippen LogP contribution in [0.25, 0.3) is 0 Å². The Morgan fingerprint density at radius 1 is 1.92 bits per heavy atom. The Balaban J connectivity index is 2.90. The number of nitrogens with one attached hydrogen (secondary N) is 1. The molecule has 13 heavy (non-hydrogen) atoms. The van der Waals surface area contributed by atoms with Crippen LogP contribution in [0.2, 0.25) is 0 Å². The second-order valence-corrected chi connectivity index (χ2v) is 2.60. The summed E-state index contributed by atoms with van der Waals surface area (Å²) in [4.78, 5) is 10.9. The minimum absolute atomic E-state index is 0.393. The van der Waals surface area contributed by atoms with Crippen molar-refractivity contribution in [3.8, 4) is 0 Å². The number of nitrogens with zero attached hydrogens (tertiary/aromatic N) is 2. The standard InChI is InChI=1S/C8H12N4O/c1-3-4-10-8-6(7(9)13)5-12(2)11-8/h3,5H,1,4H2,2H3,(H2,9,13)(H,10,11). The molecule has 0 saturated heterocycles. The first-order valence-electron chi connectivity index (χ1n) is 3.83. The van der Waals surface area contributed by atoms with Gasteiger partial charge in [-0.2, -0.15) is 5.10 Å². The first-order chi connectivity index (χ1) is 6.15. The van der Waals surface area contributed by atoms with E-state index in [0.717, 1.165) is 0 Å². The highest BCUT2D eigenvalue weighted by Gasteiger charge is 2.11. The van der Waals surface area contributed by atoms with Crippen LogP contribution in [0.1, 0.15) is 10.4 Å². The van der Waals surface area contributed by atoms with Crippen LogP contribution < -0.4 is 11.1 Å². The maximum absolute atomic E-state index is 10.9. The normalized spacial score (nSPS) is 9.62. The van der Waals surface area contributed by atoms with Gasteiger partial charge in [0.05, 0.1) is 0 Å². The van der Waals surface area contributed by atoms with E-state index >= 15 is 0 Å². The molecule has 0 aliphatic heterocycles. The van der Waals surface area contributed by atoms with E-state index in [0.29, 0.717) is 17.9 Å². The molecule has 0 spiro atoms. The van der Waals surface area contributed by atoms with Crippen molar-refractivity contribution in [2.75, 3.05) is 11.9 Å². The second kappa shape index (κ2) is 3.75. The first kappa shape index (κ1) is 9.31. The van der Waals surface area contributed by atoms with Crippen molar-refractivity contribution in [3.05, 3.63) is 24.4 Å². The molecule has 0 fully saturated rings. The number of aryl methyl sites for hydroxylation is 1. The monoisotopic (exact) mass is 180 g/mol. The SMILES string of the molecule is C=CCNc1nn(C)cc1C(N)=O. The highest BCUT2D eigenvalue weighted by molar-refractivity contribution is 5.97. The zero-order chi connectivity index (χ0) is 9.84. The number of nitrogens with two attached hydrogens (primary N) is 1. The van der Waals surface area contributed by atoms with E-state index in [1.165, 1.54) is 4.68 Å². The van der Waals surface area contributed by atoms with E-state index < -0.39 is 5.91 Å². The second-order valence-electron chi connectivity index (χ2n) is 2.60. The largest absolute Gasteiger partial charge is 0.365 e. The van der Waals surface area contributed by atoms with Gasteiger partial charge in [-0.15, -0.1) is 6.58 Å². The van der Waals surface area contributed by atoms with Crippen molar-refractivity contribution < 1.29 is 4.79 Å². The summed E-state index contributed by atoms with van der Waals surface area (Å²) in [6.45, 7) is 4.10. The van der Waals surface area contributed by atoms with E-state index in [1.54, 1.807) is 19.3 Å². The van der Waals surface area contributed by atoms with Crippen LogP contribution in [-0.4, -0.2) is 22.2 Å². The maximum Gasteiger partial charge on any atom is 0.254 e. The molecule has 0 saturated carbocycles. The average molecular weight is 180 g/mol. The number of aromatic nitrogens is 2. The Morgan fingerprint density at radius 2 is 2.62 bits per heavy atom. The van der Waals surface area contributed by atoms with Gasteiger partial charge in [0.1, 0.15) is 5.56 Å². The zero-order valence-electron chi connectivity index (χ0n) is 7.45. The van der Waals surface area contributed by atoms with E-state index in [1.807, 2.05) is 0 Å². The first-order valence-corrected chi connectivity index (χ1v) is 3.83. The number of amides is 1. The van der Waals surface area contributed by atoms with Gasteiger partial charge in [0.2, 0.25) is 0 Å². The van der Waals surface area contributed by atoms with Crippen molar-refractivity contribution in [1.82, 2.24) is 9.78 Å². The third-order valence-corrected chi connectivity index (χ3v) is 1.51. The molecule has 0 unspecified atom stereocenters. The van der Waals surface area contributed by atoms with Gasteiger partial charge in [-0.05, 0) is 0 Å². The third kappa shape index (κ3) is 2.08. The lowest BCUT2D eigenvalue weighted by Crippen LogP contribution is -2.13. The molecule has 1 amide bonds. The van der Waals surface area contributed by atoms with Crippen LogP contribution in [0, 0.1) is 0 Å². The van der Waals surface area contributed by atoms with E-state index in [2.05, 4.69) is 17.0 Å². The Morgan fingerprint density at radius 3 is 3.15 bits per heavy atom. The summed E-state index contributed by atoms with van der Waals surface area (Å²) < 4.78 is 1.53. The molecule has 0 aromatic carbocycles. The van der Waals surface area contributed by atoms with Gasteiger partial charge in [-0.25, -0.2) is 0 Å². The highest BCUT2D eigenvalue weighted by Crippen LogP contribution is 2.10. The number of hydrogen-bond donors (Lipinski definition) is 2. The fourth-order valence-electron chi connectivity index (χ4n) is 0.968. The van der Waals surface area contributed by atoms with Crippen molar-refractivity contribution in [2.24, 2.45) is 12.8 Å². The third-order valence-electron chi connectivity index (χ3n) is 1.51. The van der Waals surface area contributed by atoms with E-state index in [9.17, 15) is 4.79 Å². The lowest BCUT2D eigenvalue weighted by Gasteiger charge is -1.98. The van der Waals surface area contributed by atoms with Gasteiger partial charge in [0, 0.05) is 19.8 Å². The Hall–Kier alpha value is -1.78. The van der Waals surface area contributed by atoms with Gasteiger partial charge in [-0.3, -0.25) is 9.48 Å². The number of carbonyl (C=O) groups excluding carboxylic acids is 1. The lowest BCUT2D eigenvalue weighted by atomic mass is 10.3. The maximum atomic E-state index is 10.9. The molecule has 5 heteroatoms. The number of rotatable bonds is 4. The molecular weight excluding hydrogens is 168 g/mol. The molecule has 1 heterocycles. The minimum Gasteiger partial charge on any atom is -0.365 e. The molecule has 0 radical (unpaired) electrons. The number of anilines is 1. The van der Waals surface area contributed by atoms with Crippen LogP contribution in [0.15, 0.2) is 18.9 Å². The molecular formula is C8H12N4O. The molecule has 70 valence electrons. The quantitative estimate of drug-likeness (QED) is 0.646. The highest BCUT2D eigenvalue weighted by atomic mass is 16.1. The van der Waals surface area contributed by atoms with Crippen LogP contribution in [0.3, 0.4) is 0 Å². The number of carbonyl (C=O) groups is 1. The van der Waals surface area contributed by atoms with Crippen molar-refractivity contribution in [1.29, 1.82) is 0 Å². The summed E-state index contributed by atoms with van der Waals surface area (Å²) in [5.41, 5.74) is 5.53. The summed E-state index contributed by atoms with van der Waals surface area (Å²) in [6, 6.07) is 0. The van der Waals surface area contributed by atoms with Crippen LogP contribution in [-0.2, 0) is 7.05 Å². The van der Waals surface area contributed by atoms with Gasteiger partial charge in [-0.1, -0.05) is 6.08 Å². The summed E-state index contributed by atoms with van der Waals surface area (Å²) in [6.07, 6.45) is 3.26. The van der Waals surface area contributed by atoms with Crippen LogP contribution in [0.4, 0.5) is 5.82 Å². The Kier molecular flexibility index (Phi) is 2.69. The molecule has 0 aliphatic carbocycles. The summed E-state index contributed by atoms with van der Waals surface area (Å²) in [5.74, 6) is 0.00885. The van der Waals surface area contributed by atoms with Gasteiger partial charge >= 0.3 is 0 Å². The van der Waals surface area contributed by atoms with Crippen molar-refractivity contribution >= 4 is 11.7 Å². The summed E-state index contributed by atoms with van der Waals surface area (Å²) >= 11 is 0. The number of primary amides is 1. The number of hydrogen-bond acceptors (Lipinski definition) is 3. The lowest BCUT2D eigenvalue weighted by molar-refractivity contribution is 0.100. The topological polar surface area (TPSA) is 72.9 Å². The molecule has 1 aromatic heterocycles. The molecule has 5 nitrogen and oxygen atoms in total. The van der Waals surface area contributed by atoms with Gasteiger partial charge in [0.25, 0.3) is 5.91 Å². The zero-order valence-corrected chi connectivity index (χ0v) is 7.45. The van der Waals surface area contributed by atoms with Crippen LogP contribution in [0.5, 0.6) is 0 Å². The molecule has 1 aromatic rings. The fraction of sp³-hybridized carbons (Fsp3) is 0.250. The molecule has 0 atom stereocenters. The minimum atomic E-state index is -0.486. The predicted octanol–water partition coefficient (Wildman–Crippen LogP) is 0.117. The fourth-order valence-corrected chi connectivity index (χ4v) is 0.968. The summed E-state index contributed by atoms with van der Waals surface area (Å²) in [5, 5.41) is 6.94. The smallest absolute Gasteiger partial charge is 0.254 e. The van der Waals surface area contributed by atoms with Crippen molar-refractivity contribution in [2.45, 2.75) is 0 Å². The van der Waals surface area contributed by atoms with Gasteiger partial charge < -0.3 is 11.1 Å². The Labute approximate surface area is 76.2 Å². The molecule has 3 N–H and O–H groups in total. The van der Waals surface area contributed by atoms with Crippen molar-refractivity contribution in [3.63, 3.8) is 0 Å². The van der Waals surface area contributed by atoms with Crippen LogP contribution >= 0.6 is 0 Å². The molecule has 0 aliphatic rings. The molecule has 1 rings (SSSR count). The average Bonchev–Trinajstić information content (AvgIpc) is 2.43. The van der Waals surface area contributed by atoms with Gasteiger partial charge in [0.15, 0.2) is 5.82 Å². The Bertz CT molecular complexity index is 329. The molecule has 0 bridgehead atoms. The summed E-state index contributed by atoms with van der Waals surface area (Å²) in [7, 11) is 1.73. The van der Waals surface area contributed by atoms with E-state index in [4.69, 9.17) is 5.73 Å². The predicted molar refractivity (Wildman–Crippen MR) is 50.4 cm³/mol.